The van der Waals surface area contributed by atoms with Crippen LogP contribution in [0.25, 0.3) is 0 Å². The number of likely N-dealkylation sites (tertiary alicyclic amines) is 1. The number of rotatable bonds is 10. The highest BCUT2D eigenvalue weighted by atomic mass is 35.5. The number of ether oxygens (including phenoxy) is 1. The van der Waals surface area contributed by atoms with Crippen LogP contribution < -0.4 is 9.16 Å². The van der Waals surface area contributed by atoms with Gasteiger partial charge in [0.05, 0.1) is 23.8 Å². The highest BCUT2D eigenvalue weighted by molar-refractivity contribution is 6.78. The van der Waals surface area contributed by atoms with Gasteiger partial charge < -0.3 is 24.3 Å². The van der Waals surface area contributed by atoms with Crippen LogP contribution in [0.2, 0.25) is 21.6 Å². The van der Waals surface area contributed by atoms with Crippen molar-refractivity contribution in [3.05, 3.63) is 52.7 Å². The van der Waals surface area contributed by atoms with E-state index < -0.39 is 20.0 Å². The summed E-state index contributed by atoms with van der Waals surface area (Å²) in [5.41, 5.74) is 1.98. The summed E-state index contributed by atoms with van der Waals surface area (Å²) in [6.45, 7) is 15.4. The quantitative estimate of drug-likeness (QED) is 0.348. The van der Waals surface area contributed by atoms with Gasteiger partial charge in [0.1, 0.15) is 5.75 Å². The maximum atomic E-state index is 11.2. The first-order valence-electron chi connectivity index (χ1n) is 13.0. The SMILES string of the molecule is COc1ccc(C2(O)CCN(CC(O)c3ccc(O[Si](C(C)C)(C(C)C)C(C)C)cc3Cl)CC2)cn1. The van der Waals surface area contributed by atoms with E-state index in [9.17, 15) is 10.2 Å². The maximum absolute atomic E-state index is 11.2. The van der Waals surface area contributed by atoms with E-state index in [-0.39, 0.29) is 0 Å². The number of benzene rings is 1. The highest BCUT2D eigenvalue weighted by Gasteiger charge is 2.47. The smallest absolute Gasteiger partial charge is 0.258 e. The second-order valence-corrected chi connectivity index (χ2v) is 16.8. The lowest BCUT2D eigenvalue weighted by molar-refractivity contribution is -0.0347. The third-order valence-electron chi connectivity index (χ3n) is 7.93. The second-order valence-electron chi connectivity index (χ2n) is 11.0. The van der Waals surface area contributed by atoms with Crippen LogP contribution in [-0.2, 0) is 5.60 Å². The average molecular weight is 535 g/mol. The summed E-state index contributed by atoms with van der Waals surface area (Å²) in [7, 11) is -0.508. The van der Waals surface area contributed by atoms with Crippen molar-refractivity contribution in [3.8, 4) is 11.6 Å². The molecule has 6 nitrogen and oxygen atoms in total. The molecule has 1 saturated heterocycles. The predicted octanol–water partition coefficient (Wildman–Crippen LogP) is 6.31. The fraction of sp³-hybridized carbons (Fsp3) is 0.607. The topological polar surface area (TPSA) is 75.1 Å². The van der Waals surface area contributed by atoms with E-state index >= 15 is 0 Å². The number of aliphatic hydroxyl groups is 2. The summed E-state index contributed by atoms with van der Waals surface area (Å²) in [6.07, 6.45) is 2.10. The molecule has 1 aliphatic rings. The molecule has 0 spiro atoms. The number of β-amino-alcohol motifs (C(OH)–C–C–N with tert-alkyl or cyclic N) is 1. The number of nitrogens with zero attached hydrogens (tertiary/aromatic N) is 2. The number of pyridine rings is 1. The van der Waals surface area contributed by atoms with Crippen molar-refractivity contribution >= 4 is 19.9 Å². The van der Waals surface area contributed by atoms with Gasteiger partial charge in [-0.05, 0) is 47.7 Å². The van der Waals surface area contributed by atoms with Gasteiger partial charge in [0, 0.05) is 43.0 Å². The molecule has 0 radical (unpaired) electrons. The molecule has 0 aliphatic carbocycles. The zero-order valence-electron chi connectivity index (χ0n) is 22.8. The first-order chi connectivity index (χ1) is 16.9. The van der Waals surface area contributed by atoms with E-state index in [1.165, 1.54) is 0 Å². The first kappa shape index (κ1) is 28.9. The van der Waals surface area contributed by atoms with Gasteiger partial charge in [-0.2, -0.15) is 0 Å². The molecule has 3 rings (SSSR count). The fourth-order valence-electron chi connectivity index (χ4n) is 5.91. The van der Waals surface area contributed by atoms with E-state index in [1.54, 1.807) is 19.4 Å². The Kier molecular flexibility index (Phi) is 9.50. The summed E-state index contributed by atoms with van der Waals surface area (Å²) < 4.78 is 11.9. The predicted molar refractivity (Wildman–Crippen MR) is 148 cm³/mol. The van der Waals surface area contributed by atoms with Gasteiger partial charge in [-0.3, -0.25) is 0 Å². The van der Waals surface area contributed by atoms with Crippen molar-refractivity contribution in [1.29, 1.82) is 0 Å². The zero-order valence-corrected chi connectivity index (χ0v) is 24.5. The third kappa shape index (κ3) is 6.08. The molecule has 1 fully saturated rings. The molecule has 8 heteroatoms. The average Bonchev–Trinajstić information content (AvgIpc) is 2.83. The van der Waals surface area contributed by atoms with Gasteiger partial charge in [0.15, 0.2) is 0 Å². The lowest BCUT2D eigenvalue weighted by Gasteiger charge is -2.42. The Bertz CT molecular complexity index is 970. The maximum Gasteiger partial charge on any atom is 0.258 e. The minimum atomic E-state index is -2.08. The number of piperidine rings is 1. The summed E-state index contributed by atoms with van der Waals surface area (Å²) >= 11 is 6.66. The Morgan fingerprint density at radius 3 is 2.11 bits per heavy atom. The van der Waals surface area contributed by atoms with Crippen molar-refractivity contribution in [2.45, 2.75) is 82.7 Å². The number of aliphatic hydroxyl groups excluding tert-OH is 1. The summed E-state index contributed by atoms with van der Waals surface area (Å²) in [6, 6.07) is 9.35. The molecule has 1 aromatic heterocycles. The Balaban J connectivity index is 1.65. The Hall–Kier alpha value is -1.64. The molecule has 200 valence electrons. The minimum absolute atomic E-state index is 0.458. The number of aromatic nitrogens is 1. The van der Waals surface area contributed by atoms with Crippen LogP contribution in [0.15, 0.2) is 36.5 Å². The summed E-state index contributed by atoms with van der Waals surface area (Å²) in [5, 5.41) is 22.7. The van der Waals surface area contributed by atoms with E-state index in [0.29, 0.717) is 65.6 Å². The second kappa shape index (κ2) is 11.8. The molecule has 1 aromatic carbocycles. The van der Waals surface area contributed by atoms with Crippen LogP contribution in [0.4, 0.5) is 0 Å². The van der Waals surface area contributed by atoms with Crippen LogP contribution in [0.1, 0.15) is 71.6 Å². The van der Waals surface area contributed by atoms with Crippen LogP contribution in [-0.4, -0.2) is 55.2 Å². The van der Waals surface area contributed by atoms with Gasteiger partial charge >= 0.3 is 0 Å². The van der Waals surface area contributed by atoms with Crippen molar-refractivity contribution in [2.75, 3.05) is 26.7 Å². The van der Waals surface area contributed by atoms with Gasteiger partial charge in [-0.15, -0.1) is 0 Å². The zero-order chi connectivity index (χ0) is 26.7. The largest absolute Gasteiger partial charge is 0.543 e. The van der Waals surface area contributed by atoms with E-state index in [4.69, 9.17) is 20.8 Å². The molecule has 1 unspecified atom stereocenters. The monoisotopic (exact) mass is 534 g/mol. The first-order valence-corrected chi connectivity index (χ1v) is 15.6. The molecule has 0 bridgehead atoms. The van der Waals surface area contributed by atoms with Gasteiger partial charge in [-0.25, -0.2) is 4.98 Å². The minimum Gasteiger partial charge on any atom is -0.543 e. The van der Waals surface area contributed by atoms with E-state index in [1.807, 2.05) is 24.3 Å². The highest BCUT2D eigenvalue weighted by Crippen LogP contribution is 2.43. The van der Waals surface area contributed by atoms with E-state index in [2.05, 4.69) is 51.4 Å². The Morgan fingerprint density at radius 1 is 1.03 bits per heavy atom. The number of hydrogen-bond donors (Lipinski definition) is 2. The molecule has 2 heterocycles. The standard InChI is InChI=1S/C28H43ClN2O4Si/c1-19(2)36(20(3)4,21(5)6)35-23-9-10-24(25(29)16-23)26(32)18-31-14-12-28(33,13-15-31)22-8-11-27(34-7)30-17-22/h8-11,16-17,19-21,26,32-33H,12-15,18H2,1-7H3. The van der Waals surface area contributed by atoms with Gasteiger partial charge in [0.2, 0.25) is 5.88 Å². The normalized spacial score (nSPS) is 17.6. The molecule has 2 N–H and O–H groups in total. The van der Waals surface area contributed by atoms with Gasteiger partial charge in [0.25, 0.3) is 8.32 Å². The lowest BCUT2D eigenvalue weighted by Crippen LogP contribution is -2.50. The molecule has 2 aromatic rings. The third-order valence-corrected chi connectivity index (χ3v) is 14.3. The molecule has 36 heavy (non-hydrogen) atoms. The molecule has 1 atom stereocenters. The van der Waals surface area contributed by atoms with Gasteiger partial charge in [-0.1, -0.05) is 59.2 Å². The molecular formula is C28H43ClN2O4Si. The van der Waals surface area contributed by atoms with Crippen LogP contribution >= 0.6 is 11.6 Å². The Labute approximate surface area is 222 Å². The van der Waals surface area contributed by atoms with Crippen molar-refractivity contribution in [2.24, 2.45) is 0 Å². The number of halogens is 1. The molecule has 1 aliphatic heterocycles. The van der Waals surface area contributed by atoms with E-state index in [0.717, 1.165) is 11.3 Å². The number of methoxy groups -OCH3 is 1. The van der Waals surface area contributed by atoms with Crippen LogP contribution in [0, 0.1) is 0 Å². The summed E-state index contributed by atoms with van der Waals surface area (Å²) in [4.78, 5) is 6.41. The molecule has 0 amide bonds. The van der Waals surface area contributed by atoms with Crippen LogP contribution in [0.3, 0.4) is 0 Å². The van der Waals surface area contributed by atoms with Crippen molar-refractivity contribution < 1.29 is 19.4 Å². The molecule has 0 saturated carbocycles. The van der Waals surface area contributed by atoms with Crippen molar-refractivity contribution in [1.82, 2.24) is 9.88 Å². The Morgan fingerprint density at radius 2 is 1.64 bits per heavy atom. The fourth-order valence-corrected chi connectivity index (χ4v) is 11.5. The summed E-state index contributed by atoms with van der Waals surface area (Å²) in [5.74, 6) is 1.32. The van der Waals surface area contributed by atoms with Crippen molar-refractivity contribution in [3.63, 3.8) is 0 Å². The number of hydrogen-bond acceptors (Lipinski definition) is 6. The van der Waals surface area contributed by atoms with Crippen LogP contribution in [0.5, 0.6) is 11.6 Å². The lowest BCUT2D eigenvalue weighted by atomic mass is 9.85. The molecular weight excluding hydrogens is 492 g/mol.